The third-order valence-corrected chi connectivity index (χ3v) is 5.94. The summed E-state index contributed by atoms with van der Waals surface area (Å²) in [5, 5.41) is 6.10. The topological polar surface area (TPSA) is 81.8 Å². The van der Waals surface area contributed by atoms with Gasteiger partial charge in [-0.3, -0.25) is 14.5 Å². The van der Waals surface area contributed by atoms with Crippen molar-refractivity contribution >= 4 is 30.3 Å². The van der Waals surface area contributed by atoms with Crippen molar-refractivity contribution in [1.29, 1.82) is 0 Å². The van der Waals surface area contributed by atoms with Gasteiger partial charge in [0.25, 0.3) is 5.91 Å². The summed E-state index contributed by atoms with van der Waals surface area (Å²) >= 11 is 0. The largest absolute Gasteiger partial charge is 0.340 e. The lowest BCUT2D eigenvalue weighted by Crippen LogP contribution is -2.44. The quantitative estimate of drug-likeness (QED) is 0.747. The van der Waals surface area contributed by atoms with E-state index in [2.05, 4.69) is 10.6 Å². The predicted octanol–water partition coefficient (Wildman–Crippen LogP) is 0.862. The standard InChI is InChI=1S/C19H24N4O3.ClH/c1-12-3-5-15(6-4-12)19(2)17(25)23(18(26)21-19)11-16(24)22-9-13-7-20-8-14(13)10-22;/h3-6,13-14,20H,7-11H2,1-2H3,(H,21,26);1H/t13-,14+,19?;. The van der Waals surface area contributed by atoms with Gasteiger partial charge in [-0.2, -0.15) is 0 Å². The normalized spacial score (nSPS) is 29.6. The Hall–Kier alpha value is -2.12. The first kappa shape index (κ1) is 19.6. The highest BCUT2D eigenvalue weighted by Crippen LogP contribution is 2.30. The minimum absolute atomic E-state index is 0. The van der Waals surface area contributed by atoms with Gasteiger partial charge in [-0.05, 0) is 31.2 Å². The molecule has 1 aromatic rings. The number of amides is 4. The molecule has 27 heavy (non-hydrogen) atoms. The SMILES string of the molecule is Cc1ccc(C2(C)NC(=O)N(CC(=O)N3C[C@H]4CNC[C@H]4C3)C2=O)cc1.Cl. The Morgan fingerprint density at radius 1 is 1.15 bits per heavy atom. The molecule has 3 atom stereocenters. The van der Waals surface area contributed by atoms with Gasteiger partial charge in [-0.1, -0.05) is 29.8 Å². The number of benzene rings is 1. The highest BCUT2D eigenvalue weighted by molar-refractivity contribution is 6.09. The molecular formula is C19H25ClN4O3. The Balaban J connectivity index is 0.00000210. The molecule has 3 saturated heterocycles. The minimum Gasteiger partial charge on any atom is -0.340 e. The van der Waals surface area contributed by atoms with E-state index in [4.69, 9.17) is 0 Å². The van der Waals surface area contributed by atoms with Gasteiger partial charge in [-0.15, -0.1) is 12.4 Å². The van der Waals surface area contributed by atoms with Gasteiger partial charge in [0.05, 0.1) is 0 Å². The average molecular weight is 393 g/mol. The van der Waals surface area contributed by atoms with Crippen LogP contribution in [0, 0.1) is 18.8 Å². The fourth-order valence-corrected chi connectivity index (χ4v) is 4.22. The van der Waals surface area contributed by atoms with Crippen molar-refractivity contribution in [3.8, 4) is 0 Å². The van der Waals surface area contributed by atoms with Crippen LogP contribution in [0.4, 0.5) is 4.79 Å². The van der Waals surface area contributed by atoms with Crippen LogP contribution in [0.15, 0.2) is 24.3 Å². The fourth-order valence-electron chi connectivity index (χ4n) is 4.22. The molecule has 1 unspecified atom stereocenters. The van der Waals surface area contributed by atoms with Crippen LogP contribution in [-0.2, 0) is 15.1 Å². The van der Waals surface area contributed by atoms with Crippen molar-refractivity contribution in [3.63, 3.8) is 0 Å². The molecule has 3 aliphatic rings. The number of hydrogen-bond acceptors (Lipinski definition) is 4. The summed E-state index contributed by atoms with van der Waals surface area (Å²) < 4.78 is 0. The summed E-state index contributed by atoms with van der Waals surface area (Å²) in [5.74, 6) is 0.441. The molecule has 0 radical (unpaired) electrons. The van der Waals surface area contributed by atoms with Gasteiger partial charge in [0.2, 0.25) is 5.91 Å². The second-order valence-corrected chi connectivity index (χ2v) is 7.79. The molecule has 3 aliphatic heterocycles. The molecule has 4 rings (SSSR count). The number of fused-ring (bicyclic) bond motifs is 1. The first-order valence-corrected chi connectivity index (χ1v) is 9.08. The molecule has 0 bridgehead atoms. The highest BCUT2D eigenvalue weighted by Gasteiger charge is 2.50. The van der Waals surface area contributed by atoms with Crippen molar-refractivity contribution in [1.82, 2.24) is 20.4 Å². The fraction of sp³-hybridized carbons (Fsp3) is 0.526. The second-order valence-electron chi connectivity index (χ2n) is 7.79. The summed E-state index contributed by atoms with van der Waals surface area (Å²) in [6.07, 6.45) is 0. The summed E-state index contributed by atoms with van der Waals surface area (Å²) in [5.41, 5.74) is 0.671. The number of carbonyl (C=O) groups is 3. The van der Waals surface area contributed by atoms with Gasteiger partial charge in [0.15, 0.2) is 0 Å². The number of urea groups is 1. The summed E-state index contributed by atoms with van der Waals surface area (Å²) in [4.78, 5) is 40.8. The maximum absolute atomic E-state index is 12.9. The summed E-state index contributed by atoms with van der Waals surface area (Å²) in [6, 6.07) is 6.99. The number of imide groups is 1. The molecule has 3 fully saturated rings. The maximum Gasteiger partial charge on any atom is 0.325 e. The first-order chi connectivity index (χ1) is 12.4. The molecule has 4 amide bonds. The molecule has 3 heterocycles. The van der Waals surface area contributed by atoms with E-state index in [1.807, 2.05) is 31.2 Å². The van der Waals surface area contributed by atoms with Gasteiger partial charge in [0.1, 0.15) is 12.1 Å². The Labute approximate surface area is 164 Å². The average Bonchev–Trinajstić information content (AvgIpc) is 3.25. The minimum atomic E-state index is -1.13. The molecule has 146 valence electrons. The van der Waals surface area contributed by atoms with Crippen LogP contribution in [0.1, 0.15) is 18.1 Å². The number of halogens is 1. The number of carbonyl (C=O) groups excluding carboxylic acids is 3. The number of nitrogens with zero attached hydrogens (tertiary/aromatic N) is 2. The predicted molar refractivity (Wildman–Crippen MR) is 102 cm³/mol. The smallest absolute Gasteiger partial charge is 0.325 e. The number of likely N-dealkylation sites (tertiary alicyclic amines) is 1. The Kier molecular flexibility index (Phi) is 5.18. The van der Waals surface area contributed by atoms with Crippen LogP contribution in [0.5, 0.6) is 0 Å². The monoisotopic (exact) mass is 392 g/mol. The lowest BCUT2D eigenvalue weighted by molar-refractivity contribution is -0.138. The Morgan fingerprint density at radius 3 is 2.33 bits per heavy atom. The van der Waals surface area contributed by atoms with Crippen molar-refractivity contribution in [2.75, 3.05) is 32.7 Å². The number of rotatable bonds is 3. The Morgan fingerprint density at radius 2 is 1.74 bits per heavy atom. The molecule has 7 nitrogen and oxygen atoms in total. The molecule has 8 heteroatoms. The van der Waals surface area contributed by atoms with E-state index in [0.717, 1.165) is 29.1 Å². The van der Waals surface area contributed by atoms with Crippen LogP contribution in [-0.4, -0.2) is 60.4 Å². The van der Waals surface area contributed by atoms with Crippen LogP contribution in [0.3, 0.4) is 0 Å². The van der Waals surface area contributed by atoms with Crippen LogP contribution in [0.2, 0.25) is 0 Å². The van der Waals surface area contributed by atoms with Gasteiger partial charge in [0, 0.05) is 26.2 Å². The van der Waals surface area contributed by atoms with E-state index in [1.165, 1.54) is 0 Å². The third kappa shape index (κ3) is 3.30. The number of nitrogens with one attached hydrogen (secondary N) is 2. The maximum atomic E-state index is 12.9. The molecule has 0 aliphatic carbocycles. The zero-order chi connectivity index (χ0) is 18.5. The number of aryl methyl sites for hydroxylation is 1. The molecule has 0 aromatic heterocycles. The van der Waals surface area contributed by atoms with E-state index in [0.29, 0.717) is 24.9 Å². The van der Waals surface area contributed by atoms with E-state index in [-0.39, 0.29) is 30.8 Å². The van der Waals surface area contributed by atoms with E-state index >= 15 is 0 Å². The first-order valence-electron chi connectivity index (χ1n) is 9.08. The molecule has 2 N–H and O–H groups in total. The van der Waals surface area contributed by atoms with Gasteiger partial charge >= 0.3 is 6.03 Å². The zero-order valence-electron chi connectivity index (χ0n) is 15.5. The molecule has 1 aromatic carbocycles. The lowest BCUT2D eigenvalue weighted by Gasteiger charge is -2.23. The van der Waals surface area contributed by atoms with Crippen molar-refractivity contribution in [2.45, 2.75) is 19.4 Å². The summed E-state index contributed by atoms with van der Waals surface area (Å²) in [7, 11) is 0. The van der Waals surface area contributed by atoms with Gasteiger partial charge in [-0.25, -0.2) is 4.79 Å². The molecule has 0 spiro atoms. The second kappa shape index (κ2) is 7.13. The molecular weight excluding hydrogens is 368 g/mol. The van der Waals surface area contributed by atoms with Crippen LogP contribution < -0.4 is 10.6 Å². The summed E-state index contributed by atoms with van der Waals surface area (Å²) in [6.45, 7) is 6.73. The third-order valence-electron chi connectivity index (χ3n) is 5.94. The van der Waals surface area contributed by atoms with Gasteiger partial charge < -0.3 is 15.5 Å². The van der Waals surface area contributed by atoms with Crippen molar-refractivity contribution < 1.29 is 14.4 Å². The van der Waals surface area contributed by atoms with Crippen molar-refractivity contribution in [3.05, 3.63) is 35.4 Å². The van der Waals surface area contributed by atoms with Crippen LogP contribution >= 0.6 is 12.4 Å². The Bertz CT molecular complexity index is 757. The molecule has 0 saturated carbocycles. The number of hydrogen-bond donors (Lipinski definition) is 2. The van der Waals surface area contributed by atoms with E-state index < -0.39 is 11.6 Å². The lowest BCUT2D eigenvalue weighted by atomic mass is 9.91. The van der Waals surface area contributed by atoms with E-state index in [1.54, 1.807) is 11.8 Å². The highest BCUT2D eigenvalue weighted by atomic mass is 35.5. The zero-order valence-corrected chi connectivity index (χ0v) is 16.3. The van der Waals surface area contributed by atoms with Crippen molar-refractivity contribution in [2.24, 2.45) is 11.8 Å². The van der Waals surface area contributed by atoms with Crippen LogP contribution in [0.25, 0.3) is 0 Å². The van der Waals surface area contributed by atoms with E-state index in [9.17, 15) is 14.4 Å².